The minimum Gasteiger partial charge on any atom is -0.395 e. The number of non-ortho nitro benzene ring substituents is 1. The summed E-state index contributed by atoms with van der Waals surface area (Å²) < 4.78 is 0. The molecular weight excluding hydrogens is 256 g/mol. The molecule has 100 valence electrons. The van der Waals surface area contributed by atoms with Crippen molar-refractivity contribution >= 4 is 18.1 Å². The van der Waals surface area contributed by atoms with Gasteiger partial charge in [-0.05, 0) is 24.9 Å². The molecule has 0 aliphatic carbocycles. The lowest BCUT2D eigenvalue weighted by atomic mass is 10.1. The molecule has 1 aliphatic rings. The van der Waals surface area contributed by atoms with Gasteiger partial charge < -0.3 is 5.11 Å². The molecule has 0 radical (unpaired) electrons. The van der Waals surface area contributed by atoms with E-state index in [4.69, 9.17) is 0 Å². The fourth-order valence-electron chi connectivity index (χ4n) is 2.31. The number of aliphatic hydroxyl groups is 1. The number of benzene rings is 1. The van der Waals surface area contributed by atoms with Crippen molar-refractivity contribution in [2.75, 3.05) is 13.2 Å². The number of hydrogen-bond donors (Lipinski definition) is 1. The van der Waals surface area contributed by atoms with Gasteiger partial charge in [0.1, 0.15) is 0 Å². The Morgan fingerprint density at radius 3 is 2.94 bits per heavy atom. The summed E-state index contributed by atoms with van der Waals surface area (Å²) in [7, 11) is 0. The van der Waals surface area contributed by atoms with E-state index in [-0.39, 0.29) is 35.7 Å². The largest absolute Gasteiger partial charge is 0.395 e. The van der Waals surface area contributed by atoms with Crippen molar-refractivity contribution in [3.8, 4) is 0 Å². The van der Waals surface area contributed by atoms with Gasteiger partial charge in [-0.2, -0.15) is 0 Å². The van der Waals surface area contributed by atoms with Crippen LogP contribution in [0, 0.1) is 10.1 Å². The molecule has 2 rings (SSSR count). The van der Waals surface area contributed by atoms with E-state index in [1.807, 2.05) is 6.07 Å². The van der Waals surface area contributed by atoms with Crippen molar-refractivity contribution in [3.05, 3.63) is 39.9 Å². The average molecular weight is 273 g/mol. The van der Waals surface area contributed by atoms with Crippen LogP contribution in [0.4, 0.5) is 5.69 Å². The highest BCUT2D eigenvalue weighted by Crippen LogP contribution is 2.21. The molecule has 1 N–H and O–H groups in total. The Morgan fingerprint density at radius 2 is 2.28 bits per heavy atom. The first-order valence-corrected chi connectivity index (χ1v) is 5.79. The smallest absolute Gasteiger partial charge is 0.269 e. The van der Waals surface area contributed by atoms with Crippen LogP contribution in [-0.2, 0) is 6.54 Å². The molecule has 6 heteroatoms. The molecule has 0 amide bonds. The van der Waals surface area contributed by atoms with Crippen LogP contribution in [0.3, 0.4) is 0 Å². The Kier molecular flexibility index (Phi) is 5.53. The van der Waals surface area contributed by atoms with E-state index in [9.17, 15) is 15.2 Å². The molecule has 1 aromatic carbocycles. The van der Waals surface area contributed by atoms with Gasteiger partial charge in [-0.1, -0.05) is 12.1 Å². The predicted molar refractivity (Wildman–Crippen MR) is 70.9 cm³/mol. The lowest BCUT2D eigenvalue weighted by Crippen LogP contribution is -2.31. The van der Waals surface area contributed by atoms with Crippen molar-refractivity contribution in [2.24, 2.45) is 0 Å². The first-order valence-electron chi connectivity index (χ1n) is 5.79. The molecule has 1 saturated heterocycles. The first-order chi connectivity index (χ1) is 8.20. The SMILES string of the molecule is Cl.O=[N+]([O-])c1cccc(CN2CCC[C@@H]2CO)c1. The second-order valence-corrected chi connectivity index (χ2v) is 4.38. The lowest BCUT2D eigenvalue weighted by molar-refractivity contribution is -0.384. The van der Waals surface area contributed by atoms with E-state index in [1.165, 1.54) is 6.07 Å². The van der Waals surface area contributed by atoms with Gasteiger partial charge in [0.25, 0.3) is 5.69 Å². The number of aliphatic hydroxyl groups excluding tert-OH is 1. The zero-order valence-electron chi connectivity index (χ0n) is 9.99. The number of likely N-dealkylation sites (tertiary alicyclic amines) is 1. The second-order valence-electron chi connectivity index (χ2n) is 4.38. The van der Waals surface area contributed by atoms with Gasteiger partial charge in [-0.25, -0.2) is 0 Å². The van der Waals surface area contributed by atoms with Crippen molar-refractivity contribution in [1.82, 2.24) is 4.90 Å². The summed E-state index contributed by atoms with van der Waals surface area (Å²) in [6.45, 7) is 1.79. The fourth-order valence-corrected chi connectivity index (χ4v) is 2.31. The normalized spacial score (nSPS) is 19.5. The minimum absolute atomic E-state index is 0. The summed E-state index contributed by atoms with van der Waals surface area (Å²) in [5.41, 5.74) is 1.06. The number of nitro groups is 1. The molecule has 0 bridgehead atoms. The van der Waals surface area contributed by atoms with E-state index in [2.05, 4.69) is 4.90 Å². The Labute approximate surface area is 112 Å². The highest BCUT2D eigenvalue weighted by Gasteiger charge is 2.23. The van der Waals surface area contributed by atoms with Gasteiger partial charge in [0, 0.05) is 24.7 Å². The van der Waals surface area contributed by atoms with E-state index in [0.717, 1.165) is 24.9 Å². The number of nitrogens with zero attached hydrogens (tertiary/aromatic N) is 2. The molecule has 5 nitrogen and oxygen atoms in total. The van der Waals surface area contributed by atoms with Crippen LogP contribution in [0.1, 0.15) is 18.4 Å². The zero-order valence-corrected chi connectivity index (χ0v) is 10.8. The molecule has 0 spiro atoms. The van der Waals surface area contributed by atoms with Gasteiger partial charge in [0.15, 0.2) is 0 Å². The maximum atomic E-state index is 10.7. The molecule has 1 fully saturated rings. The summed E-state index contributed by atoms with van der Waals surface area (Å²) in [6.07, 6.45) is 2.09. The highest BCUT2D eigenvalue weighted by atomic mass is 35.5. The standard InChI is InChI=1S/C12H16N2O3.ClH/c15-9-12-5-2-6-13(12)8-10-3-1-4-11(7-10)14(16)17;/h1,3-4,7,12,15H,2,5-6,8-9H2;1H/t12-;/m1./s1. The fraction of sp³-hybridized carbons (Fsp3) is 0.500. The molecule has 1 atom stereocenters. The van der Waals surface area contributed by atoms with Crippen molar-refractivity contribution in [3.63, 3.8) is 0 Å². The first kappa shape index (κ1) is 14.9. The van der Waals surface area contributed by atoms with E-state index < -0.39 is 0 Å². The van der Waals surface area contributed by atoms with Gasteiger partial charge >= 0.3 is 0 Å². The Bertz CT molecular complexity index is 414. The van der Waals surface area contributed by atoms with Crippen LogP contribution < -0.4 is 0 Å². The molecule has 0 saturated carbocycles. The van der Waals surface area contributed by atoms with Crippen LogP contribution >= 0.6 is 12.4 Å². The lowest BCUT2D eigenvalue weighted by Gasteiger charge is -2.22. The maximum absolute atomic E-state index is 10.7. The van der Waals surface area contributed by atoms with Gasteiger partial charge in [-0.15, -0.1) is 12.4 Å². The van der Waals surface area contributed by atoms with Crippen LogP contribution in [0.5, 0.6) is 0 Å². The monoisotopic (exact) mass is 272 g/mol. The van der Waals surface area contributed by atoms with Gasteiger partial charge in [-0.3, -0.25) is 15.0 Å². The molecule has 1 heterocycles. The molecule has 0 aromatic heterocycles. The average Bonchev–Trinajstić information content (AvgIpc) is 2.76. The number of hydrogen-bond acceptors (Lipinski definition) is 4. The summed E-state index contributed by atoms with van der Waals surface area (Å²) >= 11 is 0. The Balaban J connectivity index is 0.00000162. The van der Waals surface area contributed by atoms with Crippen LogP contribution in [0.2, 0.25) is 0 Å². The van der Waals surface area contributed by atoms with Crippen molar-refractivity contribution in [2.45, 2.75) is 25.4 Å². The third-order valence-corrected chi connectivity index (χ3v) is 3.22. The predicted octanol–water partition coefficient (Wildman–Crippen LogP) is 1.97. The van der Waals surface area contributed by atoms with Crippen molar-refractivity contribution < 1.29 is 10.0 Å². The summed E-state index contributed by atoms with van der Waals surface area (Å²) in [4.78, 5) is 12.5. The van der Waals surface area contributed by atoms with E-state index >= 15 is 0 Å². The molecular formula is C12H17ClN2O3. The topological polar surface area (TPSA) is 66.6 Å². The number of nitro benzene ring substituents is 1. The third-order valence-electron chi connectivity index (χ3n) is 3.22. The molecule has 1 aromatic rings. The van der Waals surface area contributed by atoms with Crippen molar-refractivity contribution in [1.29, 1.82) is 0 Å². The second kappa shape index (κ2) is 6.68. The maximum Gasteiger partial charge on any atom is 0.269 e. The minimum atomic E-state index is -0.378. The summed E-state index contributed by atoms with van der Waals surface area (Å²) in [5, 5.41) is 19.9. The van der Waals surface area contributed by atoms with Gasteiger partial charge in [0.2, 0.25) is 0 Å². The number of rotatable bonds is 4. The number of halogens is 1. The summed E-state index contributed by atoms with van der Waals surface area (Å²) in [5.74, 6) is 0. The van der Waals surface area contributed by atoms with Gasteiger partial charge in [0.05, 0.1) is 11.5 Å². The Morgan fingerprint density at radius 1 is 1.50 bits per heavy atom. The molecule has 1 aliphatic heterocycles. The Hall–Kier alpha value is -1.17. The quantitative estimate of drug-likeness (QED) is 0.672. The van der Waals surface area contributed by atoms with E-state index in [1.54, 1.807) is 12.1 Å². The van der Waals surface area contributed by atoms with Crippen LogP contribution in [-0.4, -0.2) is 34.1 Å². The highest BCUT2D eigenvalue weighted by molar-refractivity contribution is 5.85. The van der Waals surface area contributed by atoms with Crippen LogP contribution in [0.25, 0.3) is 0 Å². The van der Waals surface area contributed by atoms with Crippen LogP contribution in [0.15, 0.2) is 24.3 Å². The summed E-state index contributed by atoms with van der Waals surface area (Å²) in [6, 6.07) is 6.90. The third kappa shape index (κ3) is 3.41. The molecule has 0 unspecified atom stereocenters. The zero-order chi connectivity index (χ0) is 12.3. The van der Waals surface area contributed by atoms with E-state index in [0.29, 0.717) is 6.54 Å². The molecule has 18 heavy (non-hydrogen) atoms.